The zero-order valence-corrected chi connectivity index (χ0v) is 13.1. The highest BCUT2D eigenvalue weighted by Crippen LogP contribution is 1.99. The summed E-state index contributed by atoms with van der Waals surface area (Å²) in [5.74, 6) is -1.69. The maximum atomic E-state index is 11.7. The first kappa shape index (κ1) is 18.0. The molecule has 122 valence electrons. The van der Waals surface area contributed by atoms with Crippen LogP contribution >= 0.6 is 0 Å². The van der Waals surface area contributed by atoms with Gasteiger partial charge in [0.05, 0.1) is 18.1 Å². The van der Waals surface area contributed by atoms with E-state index >= 15 is 0 Å². The third-order valence-electron chi connectivity index (χ3n) is 2.88. The predicted molar refractivity (Wildman–Crippen MR) is 78.0 cm³/mol. The number of nitrogens with zero attached hydrogens (tertiary/aromatic N) is 3. The maximum Gasteiger partial charge on any atom is 0.356 e. The van der Waals surface area contributed by atoms with Crippen molar-refractivity contribution in [2.24, 2.45) is 0 Å². The van der Waals surface area contributed by atoms with Crippen LogP contribution in [0.4, 0.5) is 0 Å². The number of hydrogen-bond acceptors (Lipinski definition) is 6. The highest BCUT2D eigenvalue weighted by molar-refractivity contribution is 7.89. The second kappa shape index (κ2) is 7.80. The molecule has 1 rings (SSSR count). The molecule has 0 saturated carbocycles. The van der Waals surface area contributed by atoms with E-state index in [2.05, 4.69) is 15.3 Å². The molecule has 0 aliphatic heterocycles. The molecule has 0 radical (unpaired) electrons. The minimum absolute atomic E-state index is 0.000431. The molecule has 0 aliphatic rings. The van der Waals surface area contributed by atoms with Gasteiger partial charge in [-0.25, -0.2) is 27.5 Å². The molecule has 0 saturated heterocycles. The number of rotatable bonds is 8. The van der Waals surface area contributed by atoms with Crippen LogP contribution in [0.1, 0.15) is 34.3 Å². The van der Waals surface area contributed by atoms with Gasteiger partial charge in [-0.05, 0) is 13.3 Å². The van der Waals surface area contributed by atoms with Gasteiger partial charge in [0, 0.05) is 20.1 Å². The van der Waals surface area contributed by atoms with Crippen molar-refractivity contribution in [1.29, 1.82) is 0 Å². The molecular weight excluding hydrogens is 312 g/mol. The van der Waals surface area contributed by atoms with Crippen molar-refractivity contribution in [2.45, 2.75) is 13.3 Å². The quantitative estimate of drug-likeness (QED) is 0.619. The van der Waals surface area contributed by atoms with E-state index in [0.717, 1.165) is 12.4 Å². The number of carbonyl (C=O) groups excluding carboxylic acids is 1. The molecule has 0 atom stereocenters. The van der Waals surface area contributed by atoms with Gasteiger partial charge in [-0.1, -0.05) is 0 Å². The molecule has 0 aromatic carbocycles. The molecule has 10 heteroatoms. The second-order valence-corrected chi connectivity index (χ2v) is 6.79. The fourth-order valence-corrected chi connectivity index (χ4v) is 2.36. The van der Waals surface area contributed by atoms with Gasteiger partial charge in [0.25, 0.3) is 5.91 Å². The Kier molecular flexibility index (Phi) is 6.38. The van der Waals surface area contributed by atoms with E-state index in [9.17, 15) is 18.0 Å². The minimum atomic E-state index is -3.22. The Balaban J connectivity index is 2.42. The molecule has 0 bridgehead atoms. The summed E-state index contributed by atoms with van der Waals surface area (Å²) in [4.78, 5) is 29.6. The number of sulfonamides is 1. The predicted octanol–water partition coefficient (Wildman–Crippen LogP) is -0.424. The van der Waals surface area contributed by atoms with E-state index in [1.54, 1.807) is 6.92 Å². The van der Waals surface area contributed by atoms with Crippen molar-refractivity contribution in [2.75, 3.05) is 25.9 Å². The van der Waals surface area contributed by atoms with Gasteiger partial charge in [0.2, 0.25) is 10.0 Å². The van der Waals surface area contributed by atoms with E-state index in [4.69, 9.17) is 5.11 Å². The molecule has 0 spiro atoms. The largest absolute Gasteiger partial charge is 0.476 e. The van der Waals surface area contributed by atoms with Crippen molar-refractivity contribution in [3.05, 3.63) is 23.8 Å². The van der Waals surface area contributed by atoms with Crippen LogP contribution in [0.2, 0.25) is 0 Å². The van der Waals surface area contributed by atoms with Crippen molar-refractivity contribution >= 4 is 21.9 Å². The van der Waals surface area contributed by atoms with Crippen molar-refractivity contribution in [3.8, 4) is 0 Å². The Morgan fingerprint density at radius 3 is 2.36 bits per heavy atom. The highest BCUT2D eigenvalue weighted by atomic mass is 32.2. The normalized spacial score (nSPS) is 11.4. The van der Waals surface area contributed by atoms with Crippen LogP contribution in [0.25, 0.3) is 0 Å². The third-order valence-corrected chi connectivity index (χ3v) is 4.74. The number of carboxylic acid groups (broad SMARTS) is 1. The fraction of sp³-hybridized carbons (Fsp3) is 0.500. The molecule has 22 heavy (non-hydrogen) atoms. The number of nitrogens with one attached hydrogen (secondary N) is 1. The molecule has 0 fully saturated rings. The van der Waals surface area contributed by atoms with Crippen LogP contribution in [0.5, 0.6) is 0 Å². The Morgan fingerprint density at radius 2 is 1.86 bits per heavy atom. The summed E-state index contributed by atoms with van der Waals surface area (Å²) in [5, 5.41) is 11.2. The van der Waals surface area contributed by atoms with Crippen molar-refractivity contribution in [1.82, 2.24) is 19.6 Å². The lowest BCUT2D eigenvalue weighted by molar-refractivity contribution is 0.0689. The Labute approximate surface area is 128 Å². The summed E-state index contributed by atoms with van der Waals surface area (Å²) in [6, 6.07) is 0. The number of carboxylic acids is 1. The Hall–Kier alpha value is -2.07. The average molecular weight is 330 g/mol. The highest BCUT2D eigenvalue weighted by Gasteiger charge is 2.14. The Bertz CT molecular complexity index is 629. The standard InChI is InChI=1S/C12H18N4O5S/c1-3-22(20,21)16(2)6-4-5-13-11(17)9-7-15-10(8-14-9)12(18)19/h7-8H,3-6H2,1-2H3,(H,13,17)(H,18,19). The lowest BCUT2D eigenvalue weighted by Crippen LogP contribution is -2.32. The van der Waals surface area contributed by atoms with E-state index in [-0.39, 0.29) is 23.7 Å². The number of carbonyl (C=O) groups is 2. The van der Waals surface area contributed by atoms with Crippen LogP contribution in [0.15, 0.2) is 12.4 Å². The van der Waals surface area contributed by atoms with Crippen LogP contribution in [-0.2, 0) is 10.0 Å². The first-order chi connectivity index (χ1) is 10.3. The number of amides is 1. The number of aromatic nitrogens is 2. The zero-order chi connectivity index (χ0) is 16.8. The van der Waals surface area contributed by atoms with E-state index in [0.29, 0.717) is 13.0 Å². The van der Waals surface area contributed by atoms with E-state index < -0.39 is 21.9 Å². The molecule has 1 aromatic rings. The van der Waals surface area contributed by atoms with Gasteiger partial charge >= 0.3 is 5.97 Å². The molecular formula is C12H18N4O5S. The minimum Gasteiger partial charge on any atom is -0.476 e. The smallest absolute Gasteiger partial charge is 0.356 e. The zero-order valence-electron chi connectivity index (χ0n) is 12.3. The first-order valence-electron chi connectivity index (χ1n) is 6.55. The van der Waals surface area contributed by atoms with Crippen molar-refractivity contribution in [3.63, 3.8) is 0 Å². The fourth-order valence-electron chi connectivity index (χ4n) is 1.51. The summed E-state index contributed by atoms with van der Waals surface area (Å²) in [6.45, 7) is 2.12. The summed E-state index contributed by atoms with van der Waals surface area (Å²) in [6.07, 6.45) is 2.52. The lowest BCUT2D eigenvalue weighted by atomic mass is 10.3. The topological polar surface area (TPSA) is 130 Å². The third kappa shape index (κ3) is 5.04. The molecule has 0 aliphatic carbocycles. The van der Waals surface area contributed by atoms with Gasteiger partial charge in [-0.2, -0.15) is 0 Å². The van der Waals surface area contributed by atoms with Gasteiger partial charge in [0.15, 0.2) is 5.69 Å². The molecule has 1 aromatic heterocycles. The van der Waals surface area contributed by atoms with Crippen LogP contribution in [-0.4, -0.2) is 65.6 Å². The molecule has 9 nitrogen and oxygen atoms in total. The summed E-state index contributed by atoms with van der Waals surface area (Å²) in [7, 11) is -1.74. The number of aromatic carboxylic acids is 1. The number of hydrogen-bond donors (Lipinski definition) is 2. The monoisotopic (exact) mass is 330 g/mol. The summed E-state index contributed by atoms with van der Waals surface area (Å²) in [5.41, 5.74) is -0.248. The first-order valence-corrected chi connectivity index (χ1v) is 8.16. The summed E-state index contributed by atoms with van der Waals surface area (Å²) < 4.78 is 24.3. The molecule has 0 unspecified atom stereocenters. The molecule has 1 amide bonds. The summed E-state index contributed by atoms with van der Waals surface area (Å²) >= 11 is 0. The van der Waals surface area contributed by atoms with Crippen LogP contribution in [0, 0.1) is 0 Å². The van der Waals surface area contributed by atoms with Crippen LogP contribution in [0.3, 0.4) is 0 Å². The Morgan fingerprint density at radius 1 is 1.27 bits per heavy atom. The van der Waals surface area contributed by atoms with E-state index in [1.165, 1.54) is 11.4 Å². The molecule has 1 heterocycles. The SMILES string of the molecule is CCS(=O)(=O)N(C)CCCNC(=O)c1cnc(C(=O)O)cn1. The van der Waals surface area contributed by atoms with Gasteiger partial charge in [-0.15, -0.1) is 0 Å². The van der Waals surface area contributed by atoms with Gasteiger partial charge < -0.3 is 10.4 Å². The second-order valence-electron chi connectivity index (χ2n) is 4.42. The lowest BCUT2D eigenvalue weighted by Gasteiger charge is -2.15. The van der Waals surface area contributed by atoms with Gasteiger partial charge in [-0.3, -0.25) is 4.79 Å². The maximum absolute atomic E-state index is 11.7. The van der Waals surface area contributed by atoms with Crippen molar-refractivity contribution < 1.29 is 23.1 Å². The van der Waals surface area contributed by atoms with Gasteiger partial charge in [0.1, 0.15) is 5.69 Å². The molecule has 2 N–H and O–H groups in total. The average Bonchev–Trinajstić information content (AvgIpc) is 2.51. The van der Waals surface area contributed by atoms with Crippen LogP contribution < -0.4 is 5.32 Å². The van der Waals surface area contributed by atoms with E-state index in [1.807, 2.05) is 0 Å².